The average Bonchev–Trinajstić information content (AvgIpc) is 3.47. The zero-order valence-corrected chi connectivity index (χ0v) is 54.0. The molecule has 0 aliphatic rings. The molecule has 1 unspecified atom stereocenters. The zero-order valence-electron chi connectivity index (χ0n) is 54.0. The van der Waals surface area contributed by atoms with E-state index in [2.05, 4.69) is 130 Å². The molecule has 0 aromatic carbocycles. The van der Waals surface area contributed by atoms with E-state index in [1.165, 1.54) is 173 Å². The van der Waals surface area contributed by atoms with E-state index in [0.29, 0.717) is 19.3 Å². The van der Waals surface area contributed by atoms with Gasteiger partial charge in [-0.1, -0.05) is 316 Å². The molecule has 82 heavy (non-hydrogen) atoms. The first-order chi connectivity index (χ1) is 40.5. The van der Waals surface area contributed by atoms with Gasteiger partial charge in [0, 0.05) is 19.3 Å². The van der Waals surface area contributed by atoms with Crippen molar-refractivity contribution in [2.45, 2.75) is 341 Å². The topological polar surface area (TPSA) is 78.9 Å². The Hall–Kier alpha value is -3.93. The van der Waals surface area contributed by atoms with Crippen LogP contribution in [0.3, 0.4) is 0 Å². The van der Waals surface area contributed by atoms with Crippen LogP contribution in [-0.2, 0) is 28.6 Å². The molecule has 0 saturated carbocycles. The lowest BCUT2D eigenvalue weighted by molar-refractivity contribution is -0.167. The van der Waals surface area contributed by atoms with Crippen LogP contribution in [0, 0.1) is 0 Å². The minimum absolute atomic E-state index is 0.0987. The van der Waals surface area contributed by atoms with Crippen LogP contribution >= 0.6 is 0 Å². The first-order valence-electron chi connectivity index (χ1n) is 34.9. The summed E-state index contributed by atoms with van der Waals surface area (Å²) in [5.41, 5.74) is 0. The van der Waals surface area contributed by atoms with Gasteiger partial charge in [0.1, 0.15) is 13.2 Å². The van der Waals surface area contributed by atoms with Crippen molar-refractivity contribution >= 4 is 17.9 Å². The second kappa shape index (κ2) is 69.6. The molecule has 6 heteroatoms. The van der Waals surface area contributed by atoms with Crippen LogP contribution < -0.4 is 0 Å². The summed E-state index contributed by atoms with van der Waals surface area (Å²) in [4.78, 5) is 38.5. The van der Waals surface area contributed by atoms with Gasteiger partial charge in [-0.2, -0.15) is 0 Å². The molecule has 0 rings (SSSR count). The van der Waals surface area contributed by atoms with Crippen molar-refractivity contribution in [2.24, 2.45) is 0 Å². The molecule has 0 N–H and O–H groups in total. The summed E-state index contributed by atoms with van der Waals surface area (Å²) < 4.78 is 16.9. The van der Waals surface area contributed by atoms with E-state index in [1.807, 2.05) is 0 Å². The van der Waals surface area contributed by atoms with Crippen LogP contribution in [0.2, 0.25) is 0 Å². The molecule has 0 aromatic heterocycles. The summed E-state index contributed by atoms with van der Waals surface area (Å²) in [6.45, 7) is 6.50. The van der Waals surface area contributed by atoms with E-state index in [1.54, 1.807) is 0 Å². The number of carbonyl (C=O) groups excluding carboxylic acids is 3. The Bertz CT molecular complexity index is 1640. The van der Waals surface area contributed by atoms with Gasteiger partial charge in [0.15, 0.2) is 6.10 Å². The number of hydrogen-bond acceptors (Lipinski definition) is 6. The van der Waals surface area contributed by atoms with Crippen LogP contribution in [0.1, 0.15) is 335 Å². The number of hydrogen-bond donors (Lipinski definition) is 0. The summed E-state index contributed by atoms with van der Waals surface area (Å²) in [6, 6.07) is 0. The Morgan fingerprint density at radius 3 is 0.793 bits per heavy atom. The molecule has 0 radical (unpaired) electrons. The van der Waals surface area contributed by atoms with Gasteiger partial charge in [0.25, 0.3) is 0 Å². The van der Waals surface area contributed by atoms with E-state index in [0.717, 1.165) is 116 Å². The Morgan fingerprint density at radius 2 is 0.476 bits per heavy atom. The van der Waals surface area contributed by atoms with Gasteiger partial charge in [0.05, 0.1) is 0 Å². The van der Waals surface area contributed by atoms with Crippen molar-refractivity contribution in [1.82, 2.24) is 0 Å². The van der Waals surface area contributed by atoms with E-state index in [4.69, 9.17) is 14.2 Å². The van der Waals surface area contributed by atoms with Crippen LogP contribution in [-0.4, -0.2) is 37.2 Å². The highest BCUT2D eigenvalue weighted by molar-refractivity contribution is 5.71. The number of allylic oxidation sites excluding steroid dienone is 18. The fraction of sp³-hybridized carbons (Fsp3) is 0.724. The summed E-state index contributed by atoms with van der Waals surface area (Å²) in [5.74, 6) is -0.942. The van der Waals surface area contributed by atoms with E-state index >= 15 is 0 Å². The predicted octanol–water partition coefficient (Wildman–Crippen LogP) is 24.2. The van der Waals surface area contributed by atoms with Crippen molar-refractivity contribution in [3.63, 3.8) is 0 Å². The number of rotatable bonds is 63. The maximum absolute atomic E-state index is 12.9. The smallest absolute Gasteiger partial charge is 0.306 e. The summed E-state index contributed by atoms with van der Waals surface area (Å²) in [7, 11) is 0. The van der Waals surface area contributed by atoms with Crippen molar-refractivity contribution < 1.29 is 28.6 Å². The van der Waals surface area contributed by atoms with Gasteiger partial charge >= 0.3 is 17.9 Å². The lowest BCUT2D eigenvalue weighted by Gasteiger charge is -2.18. The van der Waals surface area contributed by atoms with E-state index < -0.39 is 6.10 Å². The van der Waals surface area contributed by atoms with Crippen molar-refractivity contribution in [1.29, 1.82) is 0 Å². The Morgan fingerprint density at radius 1 is 0.256 bits per heavy atom. The normalized spacial score (nSPS) is 12.8. The third-order valence-corrected chi connectivity index (χ3v) is 15.0. The standard InChI is InChI=1S/C76H130O6/c1-4-7-10-13-16-19-22-25-28-31-34-36-37-38-40-42-45-48-51-54-57-60-63-66-69-75(78)81-72-73(71-80-74(77)68-65-62-59-56-53-50-47-44-41-33-30-27-24-21-18-15-12-9-6-3)82-76(79)70-67-64-61-58-55-52-49-46-43-39-35-32-29-26-23-20-17-14-11-8-5-2/h8,11,17-18,20-21,26-27,29-30,35,39,41,44,46,49,55,58,73H,4-7,9-10,12-16,19,22-25,28,31-34,36-38,40,42-43,45,47-48,50-54,56-57,59-72H2,1-3H3/b11-8-,20-17-,21-18-,29-26-,30-27-,39-35-,44-41-,49-46-,58-55-. The minimum atomic E-state index is -0.810. The van der Waals surface area contributed by atoms with Crippen LogP contribution in [0.5, 0.6) is 0 Å². The highest BCUT2D eigenvalue weighted by Crippen LogP contribution is 2.17. The summed E-state index contributed by atoms with van der Waals surface area (Å²) >= 11 is 0. The van der Waals surface area contributed by atoms with Crippen LogP contribution in [0.15, 0.2) is 109 Å². The van der Waals surface area contributed by atoms with Gasteiger partial charge in [-0.25, -0.2) is 0 Å². The molecule has 0 aromatic rings. The van der Waals surface area contributed by atoms with Crippen molar-refractivity contribution in [3.8, 4) is 0 Å². The molecule has 0 spiro atoms. The molecule has 0 aliphatic heterocycles. The third-order valence-electron chi connectivity index (χ3n) is 15.0. The molecular weight excluding hydrogens is 1010 g/mol. The Kier molecular flexibility index (Phi) is 66.2. The van der Waals surface area contributed by atoms with Gasteiger partial charge in [0.2, 0.25) is 0 Å². The number of unbranched alkanes of at least 4 members (excludes halogenated alkanes) is 34. The minimum Gasteiger partial charge on any atom is -0.462 e. The molecule has 6 nitrogen and oxygen atoms in total. The molecule has 0 saturated heterocycles. The first kappa shape index (κ1) is 78.1. The molecule has 0 amide bonds. The molecule has 1 atom stereocenters. The monoisotopic (exact) mass is 1140 g/mol. The van der Waals surface area contributed by atoms with E-state index in [9.17, 15) is 14.4 Å². The first-order valence-corrected chi connectivity index (χ1v) is 34.9. The van der Waals surface area contributed by atoms with Crippen LogP contribution in [0.4, 0.5) is 0 Å². The van der Waals surface area contributed by atoms with Crippen LogP contribution in [0.25, 0.3) is 0 Å². The average molecular weight is 1140 g/mol. The maximum Gasteiger partial charge on any atom is 0.306 e. The van der Waals surface area contributed by atoms with Crippen molar-refractivity contribution in [3.05, 3.63) is 109 Å². The second-order valence-corrected chi connectivity index (χ2v) is 23.1. The molecular formula is C76H130O6. The summed E-state index contributed by atoms with van der Waals surface area (Å²) in [6.07, 6.45) is 95.4. The molecule has 0 heterocycles. The zero-order chi connectivity index (χ0) is 59.2. The number of ether oxygens (including phenoxy) is 3. The number of carbonyl (C=O) groups is 3. The summed E-state index contributed by atoms with van der Waals surface area (Å²) in [5, 5.41) is 0. The molecule has 470 valence electrons. The second-order valence-electron chi connectivity index (χ2n) is 23.1. The number of esters is 3. The fourth-order valence-corrected chi connectivity index (χ4v) is 9.81. The van der Waals surface area contributed by atoms with Gasteiger partial charge in [-0.15, -0.1) is 0 Å². The Balaban J connectivity index is 4.44. The molecule has 0 aliphatic carbocycles. The predicted molar refractivity (Wildman–Crippen MR) is 357 cm³/mol. The molecule has 0 fully saturated rings. The quantitative estimate of drug-likeness (QED) is 0.0261. The SMILES string of the molecule is CC/C=C\C/C=C\C/C=C\C/C=C\C/C=C\C/C=C\CCCCC(=O)OC(COC(=O)CCCCCCCC/C=C\C/C=C\C/C=C\CCCCC)COC(=O)CCCCCCCCCCCCCCCCCCCCCCCCCC. The lowest BCUT2D eigenvalue weighted by Crippen LogP contribution is -2.30. The van der Waals surface area contributed by atoms with E-state index in [-0.39, 0.29) is 37.5 Å². The maximum atomic E-state index is 12.9. The van der Waals surface area contributed by atoms with Crippen molar-refractivity contribution in [2.75, 3.05) is 13.2 Å². The van der Waals surface area contributed by atoms with Gasteiger partial charge in [-0.3, -0.25) is 14.4 Å². The highest BCUT2D eigenvalue weighted by Gasteiger charge is 2.19. The lowest BCUT2D eigenvalue weighted by atomic mass is 10.0. The fourth-order valence-electron chi connectivity index (χ4n) is 9.81. The largest absolute Gasteiger partial charge is 0.462 e. The molecule has 0 bridgehead atoms. The van der Waals surface area contributed by atoms with Gasteiger partial charge < -0.3 is 14.2 Å². The third kappa shape index (κ3) is 66.9. The Labute approximate surface area is 508 Å². The van der Waals surface area contributed by atoms with Gasteiger partial charge in [-0.05, 0) is 109 Å². The highest BCUT2D eigenvalue weighted by atomic mass is 16.6.